The van der Waals surface area contributed by atoms with E-state index >= 15 is 0 Å². The summed E-state index contributed by atoms with van der Waals surface area (Å²) in [6, 6.07) is 8.12. The Bertz CT molecular complexity index is 538. The molecule has 1 aromatic heterocycles. The Labute approximate surface area is 108 Å². The Hall–Kier alpha value is -2.03. The molecule has 0 atom stereocenters. The van der Waals surface area contributed by atoms with Crippen molar-refractivity contribution in [2.75, 3.05) is 12.4 Å². The highest BCUT2D eigenvalue weighted by molar-refractivity contribution is 5.51. The van der Waals surface area contributed by atoms with Gasteiger partial charge in [0.1, 0.15) is 5.75 Å². The third-order valence-corrected chi connectivity index (χ3v) is 3.03. The first kappa shape index (κ1) is 12.4. The fraction of sp³-hybridized carbons (Fsp3) is 0.267. The molecule has 0 amide bonds. The Morgan fingerprint density at radius 2 is 2.00 bits per heavy atom. The predicted molar refractivity (Wildman–Crippen MR) is 74.0 cm³/mol. The summed E-state index contributed by atoms with van der Waals surface area (Å²) in [5, 5.41) is 3.40. The molecule has 1 N–H and O–H groups in total. The lowest BCUT2D eigenvalue weighted by atomic mass is 10.1. The number of benzene rings is 1. The lowest BCUT2D eigenvalue weighted by Gasteiger charge is -2.11. The molecular formula is C15H18N2O. The lowest BCUT2D eigenvalue weighted by molar-refractivity contribution is 0.412. The van der Waals surface area contributed by atoms with Gasteiger partial charge in [-0.1, -0.05) is 0 Å². The van der Waals surface area contributed by atoms with Crippen molar-refractivity contribution in [3.63, 3.8) is 0 Å². The highest BCUT2D eigenvalue weighted by Gasteiger charge is 2.01. The number of aryl methyl sites for hydroxylation is 2. The molecule has 0 aliphatic carbocycles. The maximum Gasteiger partial charge on any atom is 0.121 e. The summed E-state index contributed by atoms with van der Waals surface area (Å²) in [4.78, 5) is 4.14. The van der Waals surface area contributed by atoms with E-state index < -0.39 is 0 Å². The quantitative estimate of drug-likeness (QED) is 0.893. The van der Waals surface area contributed by atoms with Crippen LogP contribution in [0.2, 0.25) is 0 Å². The van der Waals surface area contributed by atoms with Gasteiger partial charge >= 0.3 is 0 Å². The van der Waals surface area contributed by atoms with Gasteiger partial charge in [0.05, 0.1) is 7.11 Å². The number of hydrogen-bond acceptors (Lipinski definition) is 3. The number of pyridine rings is 1. The zero-order chi connectivity index (χ0) is 13.0. The van der Waals surface area contributed by atoms with Gasteiger partial charge in [0, 0.05) is 24.6 Å². The van der Waals surface area contributed by atoms with Crippen molar-refractivity contribution in [1.29, 1.82) is 0 Å². The van der Waals surface area contributed by atoms with Crippen LogP contribution in [0.25, 0.3) is 0 Å². The Morgan fingerprint density at radius 3 is 2.67 bits per heavy atom. The van der Waals surface area contributed by atoms with Gasteiger partial charge in [0.25, 0.3) is 0 Å². The number of hydrogen-bond donors (Lipinski definition) is 1. The smallest absolute Gasteiger partial charge is 0.121 e. The molecule has 0 bridgehead atoms. The van der Waals surface area contributed by atoms with E-state index in [2.05, 4.69) is 23.3 Å². The molecule has 0 fully saturated rings. The molecule has 2 rings (SSSR count). The summed E-state index contributed by atoms with van der Waals surface area (Å²) in [6.45, 7) is 4.92. The highest BCUT2D eigenvalue weighted by Crippen LogP contribution is 2.21. The van der Waals surface area contributed by atoms with E-state index in [-0.39, 0.29) is 0 Å². The second-order valence-corrected chi connectivity index (χ2v) is 4.34. The largest absolute Gasteiger partial charge is 0.496 e. The summed E-state index contributed by atoms with van der Waals surface area (Å²) in [7, 11) is 1.69. The second-order valence-electron chi connectivity index (χ2n) is 4.34. The number of aromatic nitrogens is 1. The van der Waals surface area contributed by atoms with Crippen molar-refractivity contribution in [3.8, 4) is 5.75 Å². The molecule has 0 spiro atoms. The SMILES string of the molecule is COc1ccc(NCc2cnccc2C)cc1C. The molecule has 3 nitrogen and oxygen atoms in total. The van der Waals surface area contributed by atoms with Crippen molar-refractivity contribution < 1.29 is 4.74 Å². The van der Waals surface area contributed by atoms with E-state index in [1.807, 2.05) is 37.5 Å². The molecule has 94 valence electrons. The van der Waals surface area contributed by atoms with E-state index in [9.17, 15) is 0 Å². The molecule has 18 heavy (non-hydrogen) atoms. The van der Waals surface area contributed by atoms with Gasteiger partial charge in [-0.3, -0.25) is 4.98 Å². The molecule has 1 aromatic carbocycles. The molecule has 0 unspecified atom stereocenters. The third kappa shape index (κ3) is 2.80. The Morgan fingerprint density at radius 1 is 1.17 bits per heavy atom. The van der Waals surface area contributed by atoms with Crippen LogP contribution in [0.1, 0.15) is 16.7 Å². The number of nitrogens with one attached hydrogen (secondary N) is 1. The van der Waals surface area contributed by atoms with Crippen molar-refractivity contribution in [2.45, 2.75) is 20.4 Å². The van der Waals surface area contributed by atoms with Crippen LogP contribution in [0.4, 0.5) is 5.69 Å². The predicted octanol–water partition coefficient (Wildman–Crippen LogP) is 3.32. The molecule has 0 aliphatic rings. The third-order valence-electron chi connectivity index (χ3n) is 3.03. The van der Waals surface area contributed by atoms with Gasteiger partial charge in [-0.25, -0.2) is 0 Å². The monoisotopic (exact) mass is 242 g/mol. The van der Waals surface area contributed by atoms with E-state index in [1.54, 1.807) is 7.11 Å². The highest BCUT2D eigenvalue weighted by atomic mass is 16.5. The van der Waals surface area contributed by atoms with Crippen molar-refractivity contribution >= 4 is 5.69 Å². The topological polar surface area (TPSA) is 34.1 Å². The van der Waals surface area contributed by atoms with Crippen LogP contribution in [0.3, 0.4) is 0 Å². The maximum absolute atomic E-state index is 5.24. The normalized spacial score (nSPS) is 10.2. The fourth-order valence-corrected chi connectivity index (χ4v) is 1.87. The van der Waals surface area contributed by atoms with E-state index in [4.69, 9.17) is 4.74 Å². The first-order valence-corrected chi connectivity index (χ1v) is 5.98. The minimum absolute atomic E-state index is 0.783. The van der Waals surface area contributed by atoms with Crippen LogP contribution in [0, 0.1) is 13.8 Å². The van der Waals surface area contributed by atoms with Crippen LogP contribution >= 0.6 is 0 Å². The number of methoxy groups -OCH3 is 1. The maximum atomic E-state index is 5.24. The molecule has 0 saturated carbocycles. The van der Waals surface area contributed by atoms with Crippen LogP contribution in [-0.2, 0) is 6.54 Å². The molecule has 2 aromatic rings. The number of rotatable bonds is 4. The average molecular weight is 242 g/mol. The van der Waals surface area contributed by atoms with E-state index in [0.29, 0.717) is 0 Å². The first-order chi connectivity index (χ1) is 8.70. The van der Waals surface area contributed by atoms with Gasteiger partial charge in [0.2, 0.25) is 0 Å². The van der Waals surface area contributed by atoms with Crippen LogP contribution < -0.4 is 10.1 Å². The fourth-order valence-electron chi connectivity index (χ4n) is 1.87. The lowest BCUT2D eigenvalue weighted by Crippen LogP contribution is -2.02. The standard InChI is InChI=1S/C15H18N2O/c1-11-6-7-16-9-13(11)10-17-14-4-5-15(18-3)12(2)8-14/h4-9,17H,10H2,1-3H3. The zero-order valence-electron chi connectivity index (χ0n) is 11.0. The van der Waals surface area contributed by atoms with Gasteiger partial charge in [-0.05, 0) is 54.8 Å². The minimum Gasteiger partial charge on any atom is -0.496 e. The molecule has 3 heteroatoms. The van der Waals surface area contributed by atoms with Crippen molar-refractivity contribution in [3.05, 3.63) is 53.3 Å². The second kappa shape index (κ2) is 5.54. The van der Waals surface area contributed by atoms with Gasteiger partial charge in [-0.15, -0.1) is 0 Å². The summed E-state index contributed by atoms with van der Waals surface area (Å²) < 4.78 is 5.24. The molecule has 0 radical (unpaired) electrons. The van der Waals surface area contributed by atoms with E-state index in [0.717, 1.165) is 23.5 Å². The van der Waals surface area contributed by atoms with Crippen molar-refractivity contribution in [1.82, 2.24) is 4.98 Å². The number of nitrogens with zero attached hydrogens (tertiary/aromatic N) is 1. The minimum atomic E-state index is 0.783. The van der Waals surface area contributed by atoms with Crippen LogP contribution in [-0.4, -0.2) is 12.1 Å². The van der Waals surface area contributed by atoms with Crippen LogP contribution in [0.5, 0.6) is 5.75 Å². The Kier molecular flexibility index (Phi) is 3.82. The number of ether oxygens (including phenoxy) is 1. The molecule has 0 aliphatic heterocycles. The van der Waals surface area contributed by atoms with Gasteiger partial charge in [0.15, 0.2) is 0 Å². The van der Waals surface area contributed by atoms with Crippen molar-refractivity contribution in [2.24, 2.45) is 0 Å². The molecule has 0 saturated heterocycles. The number of anilines is 1. The molecule has 1 heterocycles. The van der Waals surface area contributed by atoms with Gasteiger partial charge < -0.3 is 10.1 Å². The average Bonchev–Trinajstić information content (AvgIpc) is 2.38. The first-order valence-electron chi connectivity index (χ1n) is 5.98. The summed E-state index contributed by atoms with van der Waals surface area (Å²) >= 11 is 0. The van der Waals surface area contributed by atoms with E-state index in [1.165, 1.54) is 11.1 Å². The Balaban J connectivity index is 2.07. The summed E-state index contributed by atoms with van der Waals surface area (Å²) in [5.41, 5.74) is 4.69. The summed E-state index contributed by atoms with van der Waals surface area (Å²) in [6.07, 6.45) is 3.72. The zero-order valence-corrected chi connectivity index (χ0v) is 11.0. The molecular weight excluding hydrogens is 224 g/mol. The summed E-state index contributed by atoms with van der Waals surface area (Å²) in [5.74, 6) is 0.915. The van der Waals surface area contributed by atoms with Crippen LogP contribution in [0.15, 0.2) is 36.7 Å². The van der Waals surface area contributed by atoms with Gasteiger partial charge in [-0.2, -0.15) is 0 Å².